The Labute approximate surface area is 92.0 Å². The Hall–Kier alpha value is -1.03. The maximum atomic E-state index is 10.7. The maximum Gasteiger partial charge on any atom is 0.236 e. The first-order chi connectivity index (χ1) is 6.50. The lowest BCUT2D eigenvalue weighted by Crippen LogP contribution is -2.30. The summed E-state index contributed by atoms with van der Waals surface area (Å²) in [5, 5.41) is 0. The number of carbonyl (C=O) groups excluding carboxylic acids is 1. The van der Waals surface area contributed by atoms with Crippen molar-refractivity contribution in [3.8, 4) is 0 Å². The van der Waals surface area contributed by atoms with Crippen molar-refractivity contribution in [1.82, 2.24) is 0 Å². The number of benzene rings is 1. The molecule has 0 aromatic heterocycles. The highest BCUT2D eigenvalue weighted by molar-refractivity contribution is 9.10. The molecule has 1 aromatic rings. The predicted octanol–water partition coefficient (Wildman–Crippen LogP) is 1.68. The highest BCUT2D eigenvalue weighted by atomic mass is 79.9. The van der Waals surface area contributed by atoms with Gasteiger partial charge in [-0.3, -0.25) is 4.79 Å². The fraction of sp³-hybridized carbons (Fsp3) is 0.300. The number of likely N-dealkylation sites (N-methyl/N-ethyl adjacent to an activating group) is 1. The zero-order chi connectivity index (χ0) is 10.7. The third kappa shape index (κ3) is 2.73. The molecule has 0 aliphatic heterocycles. The Morgan fingerprint density at radius 1 is 1.57 bits per heavy atom. The quantitative estimate of drug-likeness (QED) is 0.895. The van der Waals surface area contributed by atoms with Crippen LogP contribution < -0.4 is 10.6 Å². The minimum atomic E-state index is -0.327. The number of carbonyl (C=O) groups is 1. The zero-order valence-corrected chi connectivity index (χ0v) is 9.84. The van der Waals surface area contributed by atoms with Crippen LogP contribution in [0, 0.1) is 6.92 Å². The molecule has 0 spiro atoms. The number of halogens is 1. The van der Waals surface area contributed by atoms with E-state index in [1.807, 2.05) is 37.1 Å². The predicted molar refractivity (Wildman–Crippen MR) is 61.3 cm³/mol. The highest BCUT2D eigenvalue weighted by Crippen LogP contribution is 2.23. The van der Waals surface area contributed by atoms with Crippen molar-refractivity contribution in [1.29, 1.82) is 0 Å². The van der Waals surface area contributed by atoms with Crippen LogP contribution >= 0.6 is 15.9 Å². The van der Waals surface area contributed by atoms with Crippen molar-refractivity contribution >= 4 is 27.5 Å². The molecular weight excluding hydrogens is 244 g/mol. The molecule has 0 unspecified atom stereocenters. The van der Waals surface area contributed by atoms with Gasteiger partial charge in [0.1, 0.15) is 0 Å². The van der Waals surface area contributed by atoms with E-state index in [0.717, 1.165) is 15.7 Å². The minimum Gasteiger partial charge on any atom is -0.368 e. The van der Waals surface area contributed by atoms with Crippen molar-refractivity contribution in [2.45, 2.75) is 6.92 Å². The topological polar surface area (TPSA) is 46.3 Å². The van der Waals surface area contributed by atoms with Crippen LogP contribution in [-0.4, -0.2) is 19.5 Å². The Bertz CT molecular complexity index is 352. The molecule has 0 aliphatic carbocycles. The number of rotatable bonds is 3. The lowest BCUT2D eigenvalue weighted by molar-refractivity contribution is -0.116. The molecule has 2 N–H and O–H groups in total. The van der Waals surface area contributed by atoms with Crippen LogP contribution in [0.1, 0.15) is 5.56 Å². The van der Waals surface area contributed by atoms with Crippen LogP contribution in [0.5, 0.6) is 0 Å². The maximum absolute atomic E-state index is 10.7. The molecule has 0 radical (unpaired) electrons. The molecule has 0 saturated carbocycles. The first-order valence-electron chi connectivity index (χ1n) is 4.26. The number of primary amides is 1. The summed E-state index contributed by atoms with van der Waals surface area (Å²) < 4.78 is 0.995. The lowest BCUT2D eigenvalue weighted by Gasteiger charge is -2.19. The van der Waals surface area contributed by atoms with Gasteiger partial charge >= 0.3 is 0 Å². The molecule has 0 bridgehead atoms. The van der Waals surface area contributed by atoms with E-state index in [9.17, 15) is 4.79 Å². The van der Waals surface area contributed by atoms with Gasteiger partial charge in [-0.2, -0.15) is 0 Å². The molecule has 0 aliphatic rings. The van der Waals surface area contributed by atoms with Crippen molar-refractivity contribution in [3.05, 3.63) is 28.2 Å². The number of hydrogen-bond donors (Lipinski definition) is 1. The van der Waals surface area contributed by atoms with Crippen LogP contribution in [0.4, 0.5) is 5.69 Å². The molecule has 14 heavy (non-hydrogen) atoms. The van der Waals surface area contributed by atoms with Crippen molar-refractivity contribution < 1.29 is 4.79 Å². The number of nitrogens with zero attached hydrogens (tertiary/aromatic N) is 1. The second kappa shape index (κ2) is 4.46. The van der Waals surface area contributed by atoms with E-state index >= 15 is 0 Å². The van der Waals surface area contributed by atoms with E-state index in [-0.39, 0.29) is 12.5 Å². The smallest absolute Gasteiger partial charge is 0.236 e. The van der Waals surface area contributed by atoms with Gasteiger partial charge in [0.05, 0.1) is 6.54 Å². The fourth-order valence-electron chi connectivity index (χ4n) is 1.31. The highest BCUT2D eigenvalue weighted by Gasteiger charge is 2.07. The van der Waals surface area contributed by atoms with Gasteiger partial charge in [-0.25, -0.2) is 0 Å². The molecule has 3 nitrogen and oxygen atoms in total. The third-order valence-electron chi connectivity index (χ3n) is 1.98. The second-order valence-electron chi connectivity index (χ2n) is 3.25. The van der Waals surface area contributed by atoms with Crippen LogP contribution in [0.25, 0.3) is 0 Å². The molecule has 0 saturated heterocycles. The molecule has 4 heteroatoms. The SMILES string of the molecule is Cc1ccc(Br)cc1N(C)CC(N)=O. The van der Waals surface area contributed by atoms with Crippen LogP contribution in [0.2, 0.25) is 0 Å². The van der Waals surface area contributed by atoms with Gasteiger partial charge in [-0.15, -0.1) is 0 Å². The van der Waals surface area contributed by atoms with Gasteiger partial charge in [0.15, 0.2) is 0 Å². The number of aryl methyl sites for hydroxylation is 1. The molecule has 1 aromatic carbocycles. The molecule has 0 heterocycles. The number of hydrogen-bond acceptors (Lipinski definition) is 2. The van der Waals surface area contributed by atoms with E-state index in [4.69, 9.17) is 5.73 Å². The molecule has 0 atom stereocenters. The number of anilines is 1. The second-order valence-corrected chi connectivity index (χ2v) is 4.17. The normalized spacial score (nSPS) is 9.93. The summed E-state index contributed by atoms with van der Waals surface area (Å²) in [6.07, 6.45) is 0. The van der Waals surface area contributed by atoms with E-state index in [2.05, 4.69) is 15.9 Å². The Morgan fingerprint density at radius 3 is 2.79 bits per heavy atom. The monoisotopic (exact) mass is 256 g/mol. The molecular formula is C10H13BrN2O. The van der Waals surface area contributed by atoms with Gasteiger partial charge < -0.3 is 10.6 Å². The van der Waals surface area contributed by atoms with Crippen molar-refractivity contribution in [3.63, 3.8) is 0 Å². The average molecular weight is 257 g/mol. The van der Waals surface area contributed by atoms with E-state index in [1.165, 1.54) is 0 Å². The van der Waals surface area contributed by atoms with Crippen LogP contribution in [0.15, 0.2) is 22.7 Å². The zero-order valence-electron chi connectivity index (χ0n) is 8.25. The summed E-state index contributed by atoms with van der Waals surface area (Å²) in [6, 6.07) is 5.94. The van der Waals surface area contributed by atoms with Gasteiger partial charge in [-0.1, -0.05) is 22.0 Å². The summed E-state index contributed by atoms with van der Waals surface area (Å²) in [5.41, 5.74) is 7.26. The molecule has 1 rings (SSSR count). The first kappa shape index (κ1) is 11.0. The Morgan fingerprint density at radius 2 is 2.21 bits per heavy atom. The summed E-state index contributed by atoms with van der Waals surface area (Å²) in [5.74, 6) is -0.327. The average Bonchev–Trinajstić information content (AvgIpc) is 2.08. The number of nitrogens with two attached hydrogens (primary N) is 1. The van der Waals surface area contributed by atoms with Crippen molar-refractivity contribution in [2.24, 2.45) is 5.73 Å². The van der Waals surface area contributed by atoms with Crippen LogP contribution in [0.3, 0.4) is 0 Å². The van der Waals surface area contributed by atoms with Crippen molar-refractivity contribution in [2.75, 3.05) is 18.5 Å². The fourth-order valence-corrected chi connectivity index (χ4v) is 1.66. The van der Waals surface area contributed by atoms with Gasteiger partial charge in [0, 0.05) is 17.2 Å². The van der Waals surface area contributed by atoms with Gasteiger partial charge in [-0.05, 0) is 24.6 Å². The molecule has 0 fully saturated rings. The number of amides is 1. The molecule has 1 amide bonds. The minimum absolute atomic E-state index is 0.233. The molecule has 76 valence electrons. The summed E-state index contributed by atoms with van der Waals surface area (Å²) in [7, 11) is 1.85. The Kier molecular flexibility index (Phi) is 3.52. The summed E-state index contributed by atoms with van der Waals surface area (Å²) in [4.78, 5) is 12.6. The van der Waals surface area contributed by atoms with Crippen LogP contribution in [-0.2, 0) is 4.79 Å². The lowest BCUT2D eigenvalue weighted by atomic mass is 10.2. The van der Waals surface area contributed by atoms with Gasteiger partial charge in [0.25, 0.3) is 0 Å². The summed E-state index contributed by atoms with van der Waals surface area (Å²) >= 11 is 3.39. The largest absolute Gasteiger partial charge is 0.368 e. The van der Waals surface area contributed by atoms with E-state index in [0.29, 0.717) is 0 Å². The van der Waals surface area contributed by atoms with E-state index in [1.54, 1.807) is 0 Å². The van der Waals surface area contributed by atoms with E-state index < -0.39 is 0 Å². The van der Waals surface area contributed by atoms with Gasteiger partial charge in [0.2, 0.25) is 5.91 Å². The third-order valence-corrected chi connectivity index (χ3v) is 2.47. The first-order valence-corrected chi connectivity index (χ1v) is 5.05. The standard InChI is InChI=1S/C10H13BrN2O/c1-7-3-4-8(11)5-9(7)13(2)6-10(12)14/h3-5H,6H2,1-2H3,(H2,12,14). The Balaban J connectivity index is 2.93. The summed E-state index contributed by atoms with van der Waals surface area (Å²) in [6.45, 7) is 2.23.